The molecule has 1 atom stereocenters. The van der Waals surface area contributed by atoms with E-state index in [1.807, 2.05) is 16.8 Å². The smallest absolute Gasteiger partial charge is 0.269 e. The normalized spacial score (nSPS) is 17.4. The van der Waals surface area contributed by atoms with E-state index in [9.17, 15) is 14.9 Å². The van der Waals surface area contributed by atoms with Gasteiger partial charge in [0, 0.05) is 23.4 Å². The van der Waals surface area contributed by atoms with Gasteiger partial charge in [0.1, 0.15) is 6.04 Å². The maximum Gasteiger partial charge on any atom is 0.269 e. The van der Waals surface area contributed by atoms with Crippen molar-refractivity contribution >= 4 is 28.6 Å². The van der Waals surface area contributed by atoms with Crippen LogP contribution in [0.15, 0.2) is 35.0 Å². The van der Waals surface area contributed by atoms with Crippen molar-refractivity contribution in [3.63, 3.8) is 0 Å². The summed E-state index contributed by atoms with van der Waals surface area (Å²) in [4.78, 5) is 24.1. The van der Waals surface area contributed by atoms with Crippen LogP contribution in [0.5, 0.6) is 0 Å². The zero-order chi connectivity index (χ0) is 14.3. The fourth-order valence-corrected chi connectivity index (χ4v) is 2.96. The van der Waals surface area contributed by atoms with Gasteiger partial charge in [-0.15, -0.1) is 0 Å². The first-order valence-electron chi connectivity index (χ1n) is 5.94. The van der Waals surface area contributed by atoms with E-state index in [2.05, 4.69) is 0 Å². The monoisotopic (exact) mass is 289 g/mol. The zero-order valence-electron chi connectivity index (χ0n) is 10.4. The van der Waals surface area contributed by atoms with E-state index in [0.29, 0.717) is 17.8 Å². The van der Waals surface area contributed by atoms with E-state index in [1.165, 1.54) is 12.1 Å². The van der Waals surface area contributed by atoms with Crippen molar-refractivity contribution in [3.8, 4) is 0 Å². The fourth-order valence-electron chi connectivity index (χ4n) is 2.30. The van der Waals surface area contributed by atoms with Gasteiger partial charge in [0.2, 0.25) is 5.91 Å². The molecule has 0 radical (unpaired) electrons. The van der Waals surface area contributed by atoms with Gasteiger partial charge in [-0.1, -0.05) is 0 Å². The molecule has 1 aromatic heterocycles. The van der Waals surface area contributed by atoms with Crippen LogP contribution in [0.4, 0.5) is 11.4 Å². The summed E-state index contributed by atoms with van der Waals surface area (Å²) in [6.45, 7) is 0.431. The third-order valence-corrected chi connectivity index (χ3v) is 4.03. The number of hydrogen-bond donors (Lipinski definition) is 1. The Morgan fingerprint density at radius 2 is 2.20 bits per heavy atom. The average molecular weight is 289 g/mol. The standard InChI is InChI=1S/C13H11N3O3S/c14-12-10-5-9(16(18)19)1-2-11(10)15(13(12)17)6-8-3-4-20-7-8/h1-5,7,12H,6,14H2. The second-order valence-electron chi connectivity index (χ2n) is 4.53. The highest BCUT2D eigenvalue weighted by Gasteiger charge is 2.35. The molecule has 1 aliphatic heterocycles. The Balaban J connectivity index is 2.00. The summed E-state index contributed by atoms with van der Waals surface area (Å²) in [7, 11) is 0. The number of fused-ring (bicyclic) bond motifs is 1. The van der Waals surface area contributed by atoms with Gasteiger partial charge in [0.25, 0.3) is 5.69 Å². The molecule has 1 unspecified atom stereocenters. The van der Waals surface area contributed by atoms with Crippen molar-refractivity contribution in [2.24, 2.45) is 5.73 Å². The number of benzene rings is 1. The Hall–Kier alpha value is -2.25. The number of nitrogens with zero attached hydrogens (tertiary/aromatic N) is 2. The molecule has 0 bridgehead atoms. The topological polar surface area (TPSA) is 89.5 Å². The van der Waals surface area contributed by atoms with Crippen LogP contribution in [-0.2, 0) is 11.3 Å². The van der Waals surface area contributed by atoms with Crippen molar-refractivity contribution < 1.29 is 9.72 Å². The molecule has 0 spiro atoms. The van der Waals surface area contributed by atoms with E-state index in [-0.39, 0.29) is 11.6 Å². The number of carbonyl (C=O) groups excluding carboxylic acids is 1. The van der Waals surface area contributed by atoms with Gasteiger partial charge in [-0.3, -0.25) is 14.9 Å². The molecule has 2 aromatic rings. The van der Waals surface area contributed by atoms with Crippen molar-refractivity contribution in [1.29, 1.82) is 0 Å². The van der Waals surface area contributed by atoms with Gasteiger partial charge in [-0.05, 0) is 28.5 Å². The van der Waals surface area contributed by atoms with Crippen LogP contribution in [0, 0.1) is 10.1 Å². The molecule has 0 aliphatic carbocycles. The maximum absolute atomic E-state index is 12.2. The van der Waals surface area contributed by atoms with E-state index in [4.69, 9.17) is 5.73 Å². The molecule has 0 saturated carbocycles. The number of carbonyl (C=O) groups is 1. The van der Waals surface area contributed by atoms with E-state index in [0.717, 1.165) is 5.56 Å². The molecule has 1 amide bonds. The predicted octanol–water partition coefficient (Wildman–Crippen LogP) is 2.20. The molecule has 2 N–H and O–H groups in total. The van der Waals surface area contributed by atoms with Gasteiger partial charge < -0.3 is 10.6 Å². The molecule has 102 valence electrons. The number of hydrogen-bond acceptors (Lipinski definition) is 5. The highest BCUT2D eigenvalue weighted by Crippen LogP contribution is 2.37. The minimum absolute atomic E-state index is 0.0515. The lowest BCUT2D eigenvalue weighted by Crippen LogP contribution is -2.31. The molecule has 0 fully saturated rings. The lowest BCUT2D eigenvalue weighted by molar-refractivity contribution is -0.384. The largest absolute Gasteiger partial charge is 0.316 e. The Kier molecular flexibility index (Phi) is 3.00. The van der Waals surface area contributed by atoms with Gasteiger partial charge in [0.05, 0.1) is 11.5 Å². The van der Waals surface area contributed by atoms with Crippen LogP contribution < -0.4 is 10.6 Å². The third-order valence-electron chi connectivity index (χ3n) is 3.30. The molecule has 7 heteroatoms. The van der Waals surface area contributed by atoms with Crippen LogP contribution in [0.1, 0.15) is 17.2 Å². The summed E-state index contributed by atoms with van der Waals surface area (Å²) < 4.78 is 0. The molecule has 2 heterocycles. The Bertz CT molecular complexity index is 684. The number of amides is 1. The molecule has 3 rings (SSSR count). The minimum Gasteiger partial charge on any atom is -0.316 e. The van der Waals surface area contributed by atoms with Gasteiger partial charge in [0.15, 0.2) is 0 Å². The number of anilines is 1. The number of nitro groups is 1. The molecule has 0 saturated heterocycles. The Labute approximate surface area is 118 Å². The fraction of sp³-hybridized carbons (Fsp3) is 0.154. The lowest BCUT2D eigenvalue weighted by atomic mass is 10.1. The first kappa shape index (κ1) is 12.8. The summed E-state index contributed by atoms with van der Waals surface area (Å²) in [6, 6.07) is 5.47. The third kappa shape index (κ3) is 1.97. The highest BCUT2D eigenvalue weighted by molar-refractivity contribution is 7.07. The Morgan fingerprint density at radius 1 is 1.40 bits per heavy atom. The van der Waals surface area contributed by atoms with Crippen LogP contribution in [0.25, 0.3) is 0 Å². The second-order valence-corrected chi connectivity index (χ2v) is 5.31. The summed E-state index contributed by atoms with van der Waals surface area (Å²) in [6.07, 6.45) is 0. The average Bonchev–Trinajstić information content (AvgIpc) is 3.02. The summed E-state index contributed by atoms with van der Waals surface area (Å²) in [5.74, 6) is -0.230. The second kappa shape index (κ2) is 4.69. The van der Waals surface area contributed by atoms with Crippen LogP contribution >= 0.6 is 11.3 Å². The molecular formula is C13H11N3O3S. The van der Waals surface area contributed by atoms with E-state index < -0.39 is 11.0 Å². The van der Waals surface area contributed by atoms with Crippen LogP contribution in [0.2, 0.25) is 0 Å². The molecule has 6 nitrogen and oxygen atoms in total. The number of thiophene rings is 1. The summed E-state index contributed by atoms with van der Waals surface area (Å²) >= 11 is 1.55. The first-order chi connectivity index (χ1) is 9.58. The molecular weight excluding hydrogens is 278 g/mol. The molecule has 1 aromatic carbocycles. The van der Waals surface area contributed by atoms with Crippen molar-refractivity contribution in [2.45, 2.75) is 12.6 Å². The lowest BCUT2D eigenvalue weighted by Gasteiger charge is -2.16. The SMILES string of the molecule is NC1C(=O)N(Cc2ccsc2)c2ccc([N+](=O)[O-])cc21. The van der Waals surface area contributed by atoms with Crippen molar-refractivity contribution in [2.75, 3.05) is 4.90 Å². The van der Waals surface area contributed by atoms with Gasteiger partial charge in [-0.2, -0.15) is 11.3 Å². The molecule has 20 heavy (non-hydrogen) atoms. The van der Waals surface area contributed by atoms with E-state index >= 15 is 0 Å². The minimum atomic E-state index is -0.830. The number of non-ortho nitro benzene ring substituents is 1. The molecule has 1 aliphatic rings. The summed E-state index contributed by atoms with van der Waals surface area (Å²) in [5, 5.41) is 14.7. The highest BCUT2D eigenvalue weighted by atomic mass is 32.1. The number of rotatable bonds is 3. The summed E-state index contributed by atoms with van der Waals surface area (Å²) in [5.41, 5.74) is 8.00. The number of nitro benzene ring substituents is 1. The van der Waals surface area contributed by atoms with Gasteiger partial charge >= 0.3 is 0 Å². The Morgan fingerprint density at radius 3 is 2.85 bits per heavy atom. The predicted molar refractivity (Wildman–Crippen MR) is 75.5 cm³/mol. The number of nitrogens with two attached hydrogens (primary N) is 1. The quantitative estimate of drug-likeness (QED) is 0.693. The van der Waals surface area contributed by atoms with Crippen LogP contribution in [0.3, 0.4) is 0 Å². The van der Waals surface area contributed by atoms with Crippen LogP contribution in [-0.4, -0.2) is 10.8 Å². The van der Waals surface area contributed by atoms with E-state index in [1.54, 1.807) is 22.3 Å². The zero-order valence-corrected chi connectivity index (χ0v) is 11.2. The first-order valence-corrected chi connectivity index (χ1v) is 6.88. The van der Waals surface area contributed by atoms with Crippen molar-refractivity contribution in [3.05, 3.63) is 56.3 Å². The van der Waals surface area contributed by atoms with Gasteiger partial charge in [-0.25, -0.2) is 0 Å². The maximum atomic E-state index is 12.2. The van der Waals surface area contributed by atoms with Crippen molar-refractivity contribution in [1.82, 2.24) is 0 Å².